The van der Waals surface area contributed by atoms with Crippen LogP contribution < -0.4 is 5.32 Å². The first-order valence-corrected chi connectivity index (χ1v) is 6.51. The van der Waals surface area contributed by atoms with Crippen molar-refractivity contribution < 1.29 is 4.74 Å². The number of anilines is 1. The van der Waals surface area contributed by atoms with Crippen molar-refractivity contribution in [1.29, 1.82) is 0 Å². The molecule has 0 amide bonds. The number of ether oxygens (including phenoxy) is 1. The monoisotopic (exact) mass is 276 g/mol. The fourth-order valence-corrected chi connectivity index (χ4v) is 1.96. The predicted octanol–water partition coefficient (Wildman–Crippen LogP) is 2.39. The Morgan fingerprint density at radius 2 is 2.00 bits per heavy atom. The molecule has 5 nitrogen and oxygen atoms in total. The van der Waals surface area contributed by atoms with Crippen molar-refractivity contribution in [3.63, 3.8) is 0 Å². The van der Waals surface area contributed by atoms with Crippen molar-refractivity contribution in [1.82, 2.24) is 15.0 Å². The lowest BCUT2D eigenvalue weighted by Crippen LogP contribution is -2.33. The second-order valence-electron chi connectivity index (χ2n) is 4.28. The van der Waals surface area contributed by atoms with Gasteiger partial charge in [0.25, 0.3) is 0 Å². The van der Waals surface area contributed by atoms with Gasteiger partial charge in [0.1, 0.15) is 0 Å². The summed E-state index contributed by atoms with van der Waals surface area (Å²) >= 11 is 5.93. The maximum absolute atomic E-state index is 5.93. The largest absolute Gasteiger partial charge is 0.376 e. The van der Waals surface area contributed by atoms with Gasteiger partial charge < -0.3 is 10.1 Å². The number of nitrogens with one attached hydrogen (secondary N) is 1. The molecule has 19 heavy (non-hydrogen) atoms. The highest BCUT2D eigenvalue weighted by Gasteiger charge is 2.18. The minimum absolute atomic E-state index is 0.186. The van der Waals surface area contributed by atoms with Crippen molar-refractivity contribution in [3.8, 4) is 11.4 Å². The van der Waals surface area contributed by atoms with Crippen LogP contribution in [0.4, 0.5) is 5.95 Å². The van der Waals surface area contributed by atoms with Gasteiger partial charge in [-0.25, -0.2) is 0 Å². The van der Waals surface area contributed by atoms with E-state index in [0.717, 1.165) is 18.6 Å². The van der Waals surface area contributed by atoms with E-state index in [1.807, 2.05) is 30.3 Å². The Morgan fingerprint density at radius 1 is 1.21 bits per heavy atom. The van der Waals surface area contributed by atoms with Gasteiger partial charge in [-0.1, -0.05) is 30.3 Å². The normalized spacial score (nSPS) is 17.8. The summed E-state index contributed by atoms with van der Waals surface area (Å²) in [7, 11) is 0. The fraction of sp³-hybridized carbons (Fsp3) is 0.308. The smallest absolute Gasteiger partial charge is 0.227 e. The van der Waals surface area contributed by atoms with E-state index in [2.05, 4.69) is 20.3 Å². The van der Waals surface area contributed by atoms with Crippen LogP contribution in [0.2, 0.25) is 5.28 Å². The first kappa shape index (κ1) is 12.3. The standard InChI is InChI=1S/C13H13ClN4O/c14-12-16-11(9-4-2-1-3-5-9)17-13(18-12)15-8-10-6-7-19-10/h1-5,10H,6-8H2,(H,15,16,17,18). The third-order valence-corrected chi connectivity index (χ3v) is 3.09. The third kappa shape index (κ3) is 3.00. The molecule has 1 aliphatic rings. The summed E-state index contributed by atoms with van der Waals surface area (Å²) in [6, 6.07) is 9.68. The Kier molecular flexibility index (Phi) is 3.57. The van der Waals surface area contributed by atoms with E-state index in [4.69, 9.17) is 16.3 Å². The Hall–Kier alpha value is -1.72. The second-order valence-corrected chi connectivity index (χ2v) is 4.62. The van der Waals surface area contributed by atoms with Crippen LogP contribution in [-0.4, -0.2) is 34.2 Å². The van der Waals surface area contributed by atoms with E-state index >= 15 is 0 Å². The number of rotatable bonds is 4. The molecule has 2 heterocycles. The van der Waals surface area contributed by atoms with Crippen molar-refractivity contribution in [2.24, 2.45) is 0 Å². The fourth-order valence-electron chi connectivity index (χ4n) is 1.80. The molecule has 3 rings (SSSR count). The lowest BCUT2D eigenvalue weighted by Gasteiger charge is -2.26. The molecule has 0 radical (unpaired) electrons. The Bertz CT molecular complexity index is 560. The molecule has 1 fully saturated rings. The van der Waals surface area contributed by atoms with E-state index < -0.39 is 0 Å². The molecule has 1 aromatic carbocycles. The highest BCUT2D eigenvalue weighted by Crippen LogP contribution is 2.18. The molecule has 6 heteroatoms. The highest BCUT2D eigenvalue weighted by atomic mass is 35.5. The van der Waals surface area contributed by atoms with Gasteiger partial charge in [0.2, 0.25) is 11.2 Å². The molecule has 1 atom stereocenters. The topological polar surface area (TPSA) is 59.9 Å². The highest BCUT2D eigenvalue weighted by molar-refractivity contribution is 6.28. The minimum Gasteiger partial charge on any atom is -0.376 e. The molecule has 1 N–H and O–H groups in total. The molecular formula is C13H13ClN4O. The van der Waals surface area contributed by atoms with Crippen LogP contribution in [0.25, 0.3) is 11.4 Å². The van der Waals surface area contributed by atoms with E-state index in [9.17, 15) is 0 Å². The van der Waals surface area contributed by atoms with E-state index in [1.54, 1.807) is 0 Å². The van der Waals surface area contributed by atoms with Gasteiger partial charge in [0.15, 0.2) is 5.82 Å². The van der Waals surface area contributed by atoms with E-state index in [-0.39, 0.29) is 11.4 Å². The first-order chi connectivity index (χ1) is 9.31. The zero-order chi connectivity index (χ0) is 13.1. The van der Waals surface area contributed by atoms with Crippen LogP contribution in [0.5, 0.6) is 0 Å². The number of halogens is 1. The van der Waals surface area contributed by atoms with Crippen LogP contribution in [0.1, 0.15) is 6.42 Å². The molecule has 0 aliphatic carbocycles. The average molecular weight is 277 g/mol. The maximum Gasteiger partial charge on any atom is 0.227 e. The average Bonchev–Trinajstić information content (AvgIpc) is 2.37. The molecular weight excluding hydrogens is 264 g/mol. The second kappa shape index (κ2) is 5.50. The zero-order valence-corrected chi connectivity index (χ0v) is 11.0. The van der Waals surface area contributed by atoms with Crippen molar-refractivity contribution in [2.45, 2.75) is 12.5 Å². The SMILES string of the molecule is Clc1nc(NCC2CCO2)nc(-c2ccccc2)n1. The predicted molar refractivity (Wildman–Crippen MR) is 73.1 cm³/mol. The number of hydrogen-bond acceptors (Lipinski definition) is 5. The van der Waals surface area contributed by atoms with Gasteiger partial charge in [-0.3, -0.25) is 0 Å². The minimum atomic E-state index is 0.186. The summed E-state index contributed by atoms with van der Waals surface area (Å²) in [6.45, 7) is 1.52. The van der Waals surface area contributed by atoms with Crippen molar-refractivity contribution in [2.75, 3.05) is 18.5 Å². The van der Waals surface area contributed by atoms with Crippen LogP contribution in [-0.2, 0) is 4.74 Å². The number of aromatic nitrogens is 3. The molecule has 1 unspecified atom stereocenters. The van der Waals surface area contributed by atoms with E-state index in [0.29, 0.717) is 18.3 Å². The van der Waals surface area contributed by atoms with Gasteiger partial charge in [-0.2, -0.15) is 15.0 Å². The number of hydrogen-bond donors (Lipinski definition) is 1. The summed E-state index contributed by atoms with van der Waals surface area (Å²) < 4.78 is 5.33. The lowest BCUT2D eigenvalue weighted by atomic mass is 10.2. The lowest BCUT2D eigenvalue weighted by molar-refractivity contribution is -0.0411. The summed E-state index contributed by atoms with van der Waals surface area (Å²) in [6.07, 6.45) is 1.31. The molecule has 0 spiro atoms. The van der Waals surface area contributed by atoms with Gasteiger partial charge >= 0.3 is 0 Å². The number of nitrogens with zero attached hydrogens (tertiary/aromatic N) is 3. The summed E-state index contributed by atoms with van der Waals surface area (Å²) in [5.41, 5.74) is 0.912. The summed E-state index contributed by atoms with van der Waals surface area (Å²) in [4.78, 5) is 12.6. The van der Waals surface area contributed by atoms with Gasteiger partial charge in [0.05, 0.1) is 6.10 Å². The summed E-state index contributed by atoms with van der Waals surface area (Å²) in [5.74, 6) is 1.05. The Morgan fingerprint density at radius 3 is 2.68 bits per heavy atom. The maximum atomic E-state index is 5.93. The van der Waals surface area contributed by atoms with Gasteiger partial charge in [-0.15, -0.1) is 0 Å². The van der Waals surface area contributed by atoms with Crippen LogP contribution in [0.3, 0.4) is 0 Å². The molecule has 0 saturated carbocycles. The molecule has 98 valence electrons. The van der Waals surface area contributed by atoms with Crippen LogP contribution in [0.15, 0.2) is 30.3 Å². The summed E-state index contributed by atoms with van der Waals surface area (Å²) in [5, 5.41) is 3.31. The molecule has 1 saturated heterocycles. The Balaban J connectivity index is 1.79. The van der Waals surface area contributed by atoms with Crippen LogP contribution >= 0.6 is 11.6 Å². The van der Waals surface area contributed by atoms with E-state index in [1.165, 1.54) is 0 Å². The van der Waals surface area contributed by atoms with Crippen LogP contribution in [0, 0.1) is 0 Å². The quantitative estimate of drug-likeness (QED) is 0.929. The Labute approximate surface area is 116 Å². The number of benzene rings is 1. The van der Waals surface area contributed by atoms with Crippen molar-refractivity contribution in [3.05, 3.63) is 35.6 Å². The molecule has 1 aliphatic heterocycles. The zero-order valence-electron chi connectivity index (χ0n) is 10.2. The van der Waals surface area contributed by atoms with Gasteiger partial charge in [-0.05, 0) is 18.0 Å². The molecule has 0 bridgehead atoms. The molecule has 1 aromatic heterocycles. The first-order valence-electron chi connectivity index (χ1n) is 6.14. The third-order valence-electron chi connectivity index (χ3n) is 2.92. The van der Waals surface area contributed by atoms with Crippen molar-refractivity contribution >= 4 is 17.5 Å². The molecule has 2 aromatic rings. The van der Waals surface area contributed by atoms with Gasteiger partial charge in [0, 0.05) is 18.7 Å².